The maximum absolute atomic E-state index is 12.0. The molecule has 0 unspecified atom stereocenters. The summed E-state index contributed by atoms with van der Waals surface area (Å²) >= 11 is 0. The van der Waals surface area contributed by atoms with Crippen molar-refractivity contribution in [2.24, 2.45) is 0 Å². The van der Waals surface area contributed by atoms with E-state index in [4.69, 9.17) is 5.73 Å². The Kier molecular flexibility index (Phi) is 4.93. The minimum Gasteiger partial charge on any atom is -0.399 e. The number of hydrogen-bond donors (Lipinski definition) is 2. The zero-order valence-electron chi connectivity index (χ0n) is 11.9. The summed E-state index contributed by atoms with van der Waals surface area (Å²) in [6.07, 6.45) is 2.05. The number of nitrogens with one attached hydrogen (secondary N) is 1. The van der Waals surface area contributed by atoms with E-state index < -0.39 is 10.0 Å². The highest BCUT2D eigenvalue weighted by molar-refractivity contribution is 7.89. The van der Waals surface area contributed by atoms with Gasteiger partial charge in [-0.05, 0) is 36.2 Å². The summed E-state index contributed by atoms with van der Waals surface area (Å²) in [4.78, 5) is 4.12. The fourth-order valence-electron chi connectivity index (χ4n) is 1.94. The van der Waals surface area contributed by atoms with Gasteiger partial charge in [0.15, 0.2) is 0 Å². The molecule has 2 rings (SSSR count). The van der Waals surface area contributed by atoms with Gasteiger partial charge in [0.2, 0.25) is 10.0 Å². The number of benzene rings is 1. The van der Waals surface area contributed by atoms with Crippen molar-refractivity contribution in [2.75, 3.05) is 11.5 Å². The predicted octanol–water partition coefficient (Wildman–Crippen LogP) is 1.63. The fraction of sp³-hybridized carbons (Fsp3) is 0.267. The fourth-order valence-corrected chi connectivity index (χ4v) is 2.94. The van der Waals surface area contributed by atoms with Crippen molar-refractivity contribution in [1.29, 1.82) is 0 Å². The molecule has 0 radical (unpaired) electrons. The molecule has 1 aromatic carbocycles. The Hall–Kier alpha value is -1.92. The molecule has 2 aromatic rings. The molecule has 1 heterocycles. The van der Waals surface area contributed by atoms with Gasteiger partial charge in [-0.25, -0.2) is 13.1 Å². The molecule has 0 bridgehead atoms. The summed E-state index contributed by atoms with van der Waals surface area (Å²) in [7, 11) is -3.34. The van der Waals surface area contributed by atoms with Gasteiger partial charge in [-0.1, -0.05) is 18.2 Å². The van der Waals surface area contributed by atoms with Crippen LogP contribution >= 0.6 is 0 Å². The van der Waals surface area contributed by atoms with Crippen molar-refractivity contribution in [3.8, 4) is 0 Å². The molecule has 112 valence electrons. The van der Waals surface area contributed by atoms with E-state index in [1.54, 1.807) is 18.3 Å². The van der Waals surface area contributed by atoms with Crippen LogP contribution in [0.25, 0.3) is 0 Å². The summed E-state index contributed by atoms with van der Waals surface area (Å²) < 4.78 is 26.6. The van der Waals surface area contributed by atoms with Crippen LogP contribution in [-0.2, 0) is 23.0 Å². The highest BCUT2D eigenvalue weighted by atomic mass is 32.2. The van der Waals surface area contributed by atoms with Gasteiger partial charge in [0.25, 0.3) is 0 Å². The van der Waals surface area contributed by atoms with Crippen LogP contribution in [0.5, 0.6) is 0 Å². The molecular weight excluding hydrogens is 286 g/mol. The van der Waals surface area contributed by atoms with E-state index >= 15 is 0 Å². The summed E-state index contributed by atoms with van der Waals surface area (Å²) in [5.74, 6) is 0.0192. The molecule has 0 atom stereocenters. The quantitative estimate of drug-likeness (QED) is 0.794. The topological polar surface area (TPSA) is 85.1 Å². The first kappa shape index (κ1) is 15.5. The third-order valence-electron chi connectivity index (χ3n) is 3.32. The first-order valence-electron chi connectivity index (χ1n) is 6.69. The molecule has 21 heavy (non-hydrogen) atoms. The normalized spacial score (nSPS) is 11.5. The maximum Gasteiger partial charge on any atom is 0.212 e. The van der Waals surface area contributed by atoms with Crippen LogP contribution in [0.3, 0.4) is 0 Å². The minimum absolute atomic E-state index is 0.0192. The van der Waals surface area contributed by atoms with Crippen molar-refractivity contribution in [2.45, 2.75) is 19.9 Å². The molecule has 0 amide bonds. The number of nitrogens with two attached hydrogens (primary N) is 1. The molecule has 3 N–H and O–H groups in total. The van der Waals surface area contributed by atoms with Gasteiger partial charge in [0.05, 0.1) is 5.75 Å². The molecule has 0 aliphatic carbocycles. The molecule has 6 heteroatoms. The van der Waals surface area contributed by atoms with Crippen LogP contribution in [0.1, 0.15) is 16.8 Å². The van der Waals surface area contributed by atoms with Crippen molar-refractivity contribution in [3.63, 3.8) is 0 Å². The second-order valence-electron chi connectivity index (χ2n) is 4.84. The largest absolute Gasteiger partial charge is 0.399 e. The Bertz CT molecular complexity index is 700. The Morgan fingerprint density at radius 1 is 1.19 bits per heavy atom. The van der Waals surface area contributed by atoms with E-state index in [2.05, 4.69) is 9.71 Å². The van der Waals surface area contributed by atoms with E-state index in [0.29, 0.717) is 12.1 Å². The maximum atomic E-state index is 12.0. The third kappa shape index (κ3) is 4.54. The van der Waals surface area contributed by atoms with Crippen LogP contribution in [0.4, 0.5) is 5.69 Å². The molecule has 0 saturated heterocycles. The number of pyridine rings is 1. The van der Waals surface area contributed by atoms with E-state index in [1.807, 2.05) is 31.2 Å². The predicted molar refractivity (Wildman–Crippen MR) is 84.2 cm³/mol. The lowest BCUT2D eigenvalue weighted by Crippen LogP contribution is -2.27. The molecule has 5 nitrogen and oxygen atoms in total. The van der Waals surface area contributed by atoms with E-state index in [1.165, 1.54) is 0 Å². The van der Waals surface area contributed by atoms with Gasteiger partial charge in [-0.3, -0.25) is 4.98 Å². The molecule has 1 aromatic heterocycles. The highest BCUT2D eigenvalue weighted by Gasteiger charge is 2.11. The third-order valence-corrected chi connectivity index (χ3v) is 4.65. The average molecular weight is 305 g/mol. The van der Waals surface area contributed by atoms with E-state index in [9.17, 15) is 8.42 Å². The lowest BCUT2D eigenvalue weighted by Gasteiger charge is -2.10. The number of sulfonamides is 1. The number of aryl methyl sites for hydroxylation is 1. The van der Waals surface area contributed by atoms with Crippen LogP contribution in [0, 0.1) is 6.92 Å². The smallest absolute Gasteiger partial charge is 0.212 e. The number of nitrogen functional groups attached to an aromatic ring is 1. The van der Waals surface area contributed by atoms with Gasteiger partial charge in [0, 0.05) is 30.5 Å². The second-order valence-corrected chi connectivity index (χ2v) is 6.77. The Morgan fingerprint density at radius 2 is 2.00 bits per heavy atom. The molecule has 0 saturated carbocycles. The van der Waals surface area contributed by atoms with Gasteiger partial charge in [-0.2, -0.15) is 0 Å². The Morgan fingerprint density at radius 3 is 2.71 bits per heavy atom. The summed E-state index contributed by atoms with van der Waals surface area (Å²) in [5, 5.41) is 0. The van der Waals surface area contributed by atoms with Gasteiger partial charge < -0.3 is 5.73 Å². The lowest BCUT2D eigenvalue weighted by molar-refractivity contribution is 0.580. The second kappa shape index (κ2) is 6.69. The molecular formula is C15H19N3O2S. The van der Waals surface area contributed by atoms with Gasteiger partial charge in [0.1, 0.15) is 0 Å². The summed E-state index contributed by atoms with van der Waals surface area (Å²) in [5.41, 5.74) is 9.04. The zero-order chi connectivity index (χ0) is 15.3. The van der Waals surface area contributed by atoms with Crippen molar-refractivity contribution in [1.82, 2.24) is 9.71 Å². The minimum atomic E-state index is -3.34. The summed E-state index contributed by atoms with van der Waals surface area (Å²) in [6, 6.07) is 11.0. The Labute approximate surface area is 125 Å². The van der Waals surface area contributed by atoms with Crippen molar-refractivity contribution in [3.05, 3.63) is 59.4 Å². The number of aromatic nitrogens is 1. The number of rotatable bonds is 6. The van der Waals surface area contributed by atoms with E-state index in [-0.39, 0.29) is 12.3 Å². The number of hydrogen-bond acceptors (Lipinski definition) is 4. The van der Waals surface area contributed by atoms with E-state index in [0.717, 1.165) is 16.8 Å². The highest BCUT2D eigenvalue weighted by Crippen LogP contribution is 2.15. The van der Waals surface area contributed by atoms with Crippen LogP contribution in [0.2, 0.25) is 0 Å². The standard InChI is InChI=1S/C15H19N3O2S/c1-12-13(5-4-7-15(12)16)11-18-21(19,20)10-8-14-6-2-3-9-17-14/h2-7,9,18H,8,10-11,16H2,1H3. The lowest BCUT2D eigenvalue weighted by atomic mass is 10.1. The van der Waals surface area contributed by atoms with Crippen LogP contribution in [-0.4, -0.2) is 19.2 Å². The first-order valence-corrected chi connectivity index (χ1v) is 8.34. The summed E-state index contributed by atoms with van der Waals surface area (Å²) in [6.45, 7) is 2.13. The SMILES string of the molecule is Cc1c(N)cccc1CNS(=O)(=O)CCc1ccccn1. The van der Waals surface area contributed by atoms with Gasteiger partial charge >= 0.3 is 0 Å². The monoisotopic (exact) mass is 305 g/mol. The number of nitrogens with zero attached hydrogens (tertiary/aromatic N) is 1. The molecule has 0 aliphatic heterocycles. The average Bonchev–Trinajstić information content (AvgIpc) is 2.48. The molecule has 0 fully saturated rings. The first-order chi connectivity index (χ1) is 9.98. The van der Waals surface area contributed by atoms with Crippen molar-refractivity contribution >= 4 is 15.7 Å². The molecule has 0 aliphatic rings. The molecule has 0 spiro atoms. The van der Waals surface area contributed by atoms with Crippen molar-refractivity contribution < 1.29 is 8.42 Å². The van der Waals surface area contributed by atoms with Crippen LogP contribution < -0.4 is 10.5 Å². The number of anilines is 1. The van der Waals surface area contributed by atoms with Crippen LogP contribution in [0.15, 0.2) is 42.6 Å². The Balaban J connectivity index is 1.94. The zero-order valence-corrected chi connectivity index (χ0v) is 12.7. The van der Waals surface area contributed by atoms with Gasteiger partial charge in [-0.15, -0.1) is 0 Å².